The minimum absolute atomic E-state index is 0.114. The van der Waals surface area contributed by atoms with E-state index in [2.05, 4.69) is 0 Å². The largest absolute Gasteiger partial charge is 0.394 e. The summed E-state index contributed by atoms with van der Waals surface area (Å²) >= 11 is 0. The van der Waals surface area contributed by atoms with Crippen LogP contribution in [-0.4, -0.2) is 129 Å². The van der Waals surface area contributed by atoms with Gasteiger partial charge in [0.2, 0.25) is 0 Å². The Morgan fingerprint density at radius 2 is 1.29 bits per heavy atom. The third-order valence-corrected chi connectivity index (χ3v) is 6.13. The molecule has 0 aromatic carbocycles. The molecule has 2 saturated heterocycles. The zero-order chi connectivity index (χ0) is 23.0. The summed E-state index contributed by atoms with van der Waals surface area (Å²) in [4.78, 5) is 0. The zero-order valence-electron chi connectivity index (χ0n) is 16.8. The average Bonchev–Trinajstić information content (AvgIpc) is 3.02. The summed E-state index contributed by atoms with van der Waals surface area (Å²) in [5.41, 5.74) is 23.6. The molecule has 3 aliphatic rings. The van der Waals surface area contributed by atoms with Gasteiger partial charge in [-0.05, 0) is 6.42 Å². The Morgan fingerprint density at radius 1 is 0.710 bits per heavy atom. The van der Waals surface area contributed by atoms with E-state index in [1.807, 2.05) is 0 Å². The summed E-state index contributed by atoms with van der Waals surface area (Å²) < 4.78 is 22.5. The van der Waals surface area contributed by atoms with Crippen LogP contribution in [0.15, 0.2) is 0 Å². The molecule has 14 atom stereocenters. The van der Waals surface area contributed by atoms with E-state index in [1.165, 1.54) is 0 Å². The van der Waals surface area contributed by atoms with Gasteiger partial charge < -0.3 is 72.5 Å². The first-order valence-electron chi connectivity index (χ1n) is 10.2. The second kappa shape index (κ2) is 10.1. The number of hydrogen-bond acceptors (Lipinski definition) is 14. The molecule has 0 amide bonds. The lowest BCUT2D eigenvalue weighted by atomic mass is 9.84. The maximum absolute atomic E-state index is 10.6. The number of aliphatic hydroxyl groups excluding tert-OH is 6. The number of hydrogen-bond donors (Lipinski definition) is 10. The van der Waals surface area contributed by atoms with E-state index >= 15 is 0 Å². The summed E-state index contributed by atoms with van der Waals surface area (Å²) in [6.45, 7) is -0.673. The van der Waals surface area contributed by atoms with E-state index in [1.54, 1.807) is 0 Å². The lowest BCUT2D eigenvalue weighted by Gasteiger charge is -2.47. The van der Waals surface area contributed by atoms with Crippen LogP contribution >= 0.6 is 0 Å². The van der Waals surface area contributed by atoms with Gasteiger partial charge in [-0.2, -0.15) is 0 Å². The molecule has 2 aliphatic heterocycles. The molecule has 8 unspecified atom stereocenters. The smallest absolute Gasteiger partial charge is 0.187 e. The Hall–Kier alpha value is -0.560. The standard InChI is InChI=1S/C17H34N4O10/c18-2-6-10(24)12(26)8(21)16(28-6)30-14-5(20)1-4(19)9(23)15(14)31-17-13(27)11(25)7(3-22)29-17/h4-17,22-27H,1-3,18-21H2/t4-,5?,6?,7-,8?,9?,10-,11?,12?,13?,14-,15?,16-,17+/m1/s1. The first kappa shape index (κ1) is 25.1. The molecular weight excluding hydrogens is 420 g/mol. The maximum Gasteiger partial charge on any atom is 0.187 e. The molecule has 0 radical (unpaired) electrons. The van der Waals surface area contributed by atoms with Gasteiger partial charge in [-0.15, -0.1) is 0 Å². The minimum atomic E-state index is -1.51. The minimum Gasteiger partial charge on any atom is -0.394 e. The van der Waals surface area contributed by atoms with Crippen LogP contribution in [0.5, 0.6) is 0 Å². The predicted molar refractivity (Wildman–Crippen MR) is 102 cm³/mol. The van der Waals surface area contributed by atoms with Gasteiger partial charge in [0, 0.05) is 18.6 Å². The van der Waals surface area contributed by atoms with Crippen molar-refractivity contribution in [2.24, 2.45) is 22.9 Å². The van der Waals surface area contributed by atoms with Crippen molar-refractivity contribution < 1.29 is 49.6 Å². The van der Waals surface area contributed by atoms with E-state index in [0.29, 0.717) is 0 Å². The molecule has 1 saturated carbocycles. The molecule has 2 heterocycles. The fourth-order valence-electron chi connectivity index (χ4n) is 4.16. The van der Waals surface area contributed by atoms with Gasteiger partial charge >= 0.3 is 0 Å². The molecule has 3 rings (SSSR count). The molecule has 14 heteroatoms. The van der Waals surface area contributed by atoms with Gasteiger partial charge in [0.15, 0.2) is 12.6 Å². The van der Waals surface area contributed by atoms with Crippen molar-refractivity contribution in [1.82, 2.24) is 0 Å². The van der Waals surface area contributed by atoms with Gasteiger partial charge in [0.05, 0.1) is 18.8 Å². The molecule has 31 heavy (non-hydrogen) atoms. The van der Waals surface area contributed by atoms with E-state index in [0.717, 1.165) is 0 Å². The summed E-state index contributed by atoms with van der Waals surface area (Å²) in [6, 6.07) is -2.72. The van der Waals surface area contributed by atoms with Crippen LogP contribution in [0.1, 0.15) is 6.42 Å². The lowest BCUT2D eigenvalue weighted by Crippen LogP contribution is -2.68. The zero-order valence-corrected chi connectivity index (χ0v) is 16.8. The summed E-state index contributed by atoms with van der Waals surface area (Å²) in [7, 11) is 0. The summed E-state index contributed by atoms with van der Waals surface area (Å²) in [5.74, 6) is 0. The Morgan fingerprint density at radius 3 is 1.87 bits per heavy atom. The van der Waals surface area contributed by atoms with Crippen molar-refractivity contribution in [3.63, 3.8) is 0 Å². The number of aliphatic hydroxyl groups is 6. The quantitative estimate of drug-likeness (QED) is 0.179. The van der Waals surface area contributed by atoms with Crippen LogP contribution in [-0.2, 0) is 18.9 Å². The summed E-state index contributed by atoms with van der Waals surface area (Å²) in [6.07, 6.45) is -13.8. The molecular formula is C17H34N4O10. The molecule has 0 bridgehead atoms. The number of rotatable bonds is 6. The number of nitrogens with two attached hydrogens (primary N) is 4. The Bertz CT molecular complexity index is 591. The second-order valence-corrected chi connectivity index (χ2v) is 8.30. The number of ether oxygens (including phenoxy) is 4. The predicted octanol–water partition coefficient (Wildman–Crippen LogP) is -6.65. The first-order chi connectivity index (χ1) is 14.6. The fraction of sp³-hybridized carbons (Fsp3) is 1.00. The molecule has 1 aliphatic carbocycles. The third-order valence-electron chi connectivity index (χ3n) is 6.13. The molecule has 14 nitrogen and oxygen atoms in total. The van der Waals surface area contributed by atoms with Crippen LogP contribution < -0.4 is 22.9 Å². The lowest BCUT2D eigenvalue weighted by molar-refractivity contribution is -0.306. The highest BCUT2D eigenvalue weighted by molar-refractivity contribution is 5.01. The van der Waals surface area contributed by atoms with Crippen molar-refractivity contribution >= 4 is 0 Å². The van der Waals surface area contributed by atoms with Crippen LogP contribution in [0.4, 0.5) is 0 Å². The van der Waals surface area contributed by atoms with Crippen molar-refractivity contribution in [1.29, 1.82) is 0 Å². The van der Waals surface area contributed by atoms with Gasteiger partial charge in [-0.1, -0.05) is 0 Å². The van der Waals surface area contributed by atoms with Gasteiger partial charge in [-0.3, -0.25) is 0 Å². The Kier molecular flexibility index (Phi) is 8.21. The van der Waals surface area contributed by atoms with Crippen molar-refractivity contribution in [3.05, 3.63) is 0 Å². The van der Waals surface area contributed by atoms with E-state index in [-0.39, 0.29) is 13.0 Å². The van der Waals surface area contributed by atoms with E-state index in [4.69, 9.17) is 41.9 Å². The molecule has 3 fully saturated rings. The second-order valence-electron chi connectivity index (χ2n) is 8.30. The maximum atomic E-state index is 10.6. The third kappa shape index (κ3) is 4.87. The van der Waals surface area contributed by atoms with Crippen LogP contribution in [0.2, 0.25) is 0 Å². The van der Waals surface area contributed by atoms with Crippen LogP contribution in [0, 0.1) is 0 Å². The normalized spacial score (nSPS) is 53.6. The highest BCUT2D eigenvalue weighted by Gasteiger charge is 2.52. The van der Waals surface area contributed by atoms with Gasteiger partial charge in [-0.25, -0.2) is 0 Å². The molecule has 0 aromatic rings. The van der Waals surface area contributed by atoms with Crippen molar-refractivity contribution in [3.8, 4) is 0 Å². The SMILES string of the molecule is NCC1O[C@H](O[C@@H]2C(N)C[C@@H](N)C(O)C2O[C@@H]2O[C@H](CO)C(O)C2O)C(N)C(O)[C@@H]1O. The topological polar surface area (TPSA) is 262 Å². The molecule has 0 aromatic heterocycles. The Balaban J connectivity index is 1.78. The fourth-order valence-corrected chi connectivity index (χ4v) is 4.16. The van der Waals surface area contributed by atoms with Gasteiger partial charge in [0.25, 0.3) is 0 Å². The van der Waals surface area contributed by atoms with Crippen molar-refractivity contribution in [2.75, 3.05) is 13.2 Å². The molecule has 14 N–H and O–H groups in total. The Labute approximate surface area is 178 Å². The average molecular weight is 454 g/mol. The van der Waals surface area contributed by atoms with E-state index in [9.17, 15) is 30.6 Å². The highest BCUT2D eigenvalue weighted by atomic mass is 16.7. The molecule has 0 spiro atoms. The molecule has 182 valence electrons. The van der Waals surface area contributed by atoms with E-state index < -0.39 is 92.2 Å². The first-order valence-corrected chi connectivity index (χ1v) is 10.2. The van der Waals surface area contributed by atoms with Crippen LogP contribution in [0.3, 0.4) is 0 Å². The van der Waals surface area contributed by atoms with Gasteiger partial charge in [0.1, 0.15) is 48.8 Å². The van der Waals surface area contributed by atoms with Crippen molar-refractivity contribution in [2.45, 2.75) is 92.1 Å². The van der Waals surface area contributed by atoms with Crippen LogP contribution in [0.25, 0.3) is 0 Å². The summed E-state index contributed by atoms with van der Waals surface area (Å²) in [5, 5.41) is 60.2. The highest BCUT2D eigenvalue weighted by Crippen LogP contribution is 2.31. The monoisotopic (exact) mass is 454 g/mol.